The normalized spacial score (nSPS) is 12.1. The molecule has 2 aromatic carbocycles. The molecule has 128 valence electrons. The first-order valence-corrected chi connectivity index (χ1v) is 8.02. The van der Waals surface area contributed by atoms with Gasteiger partial charge in [0.05, 0.1) is 12.6 Å². The summed E-state index contributed by atoms with van der Waals surface area (Å²) in [6.45, 7) is 0. The van der Waals surface area contributed by atoms with Crippen molar-refractivity contribution in [3.63, 3.8) is 0 Å². The topological polar surface area (TPSA) is 74.3 Å². The SMILES string of the molecule is COC(=O)[C@@H](N)Cc1ccc(-c2cc3ccccc3n(C)c2=O)cc1. The number of fused-ring (bicyclic) bond motifs is 1. The highest BCUT2D eigenvalue weighted by atomic mass is 16.5. The lowest BCUT2D eigenvalue weighted by atomic mass is 10.0. The Balaban J connectivity index is 1.95. The molecule has 1 atom stereocenters. The minimum atomic E-state index is -0.690. The van der Waals surface area contributed by atoms with Crippen molar-refractivity contribution < 1.29 is 9.53 Å². The number of aromatic nitrogens is 1. The van der Waals surface area contributed by atoms with E-state index in [9.17, 15) is 9.59 Å². The second-order valence-corrected chi connectivity index (χ2v) is 6.01. The fourth-order valence-corrected chi connectivity index (χ4v) is 2.94. The molecule has 0 unspecified atom stereocenters. The molecular formula is C20H20N2O3. The maximum Gasteiger partial charge on any atom is 0.322 e. The van der Waals surface area contributed by atoms with Gasteiger partial charge < -0.3 is 15.0 Å². The van der Waals surface area contributed by atoms with Crippen molar-refractivity contribution in [3.05, 3.63) is 70.5 Å². The lowest BCUT2D eigenvalue weighted by Gasteiger charge is -2.11. The lowest BCUT2D eigenvalue weighted by molar-refractivity contribution is -0.142. The molecule has 0 aliphatic heterocycles. The van der Waals surface area contributed by atoms with Crippen LogP contribution in [0.1, 0.15) is 5.56 Å². The van der Waals surface area contributed by atoms with Gasteiger partial charge in [-0.25, -0.2) is 0 Å². The number of para-hydroxylation sites is 1. The van der Waals surface area contributed by atoms with Crippen LogP contribution < -0.4 is 11.3 Å². The van der Waals surface area contributed by atoms with E-state index >= 15 is 0 Å². The van der Waals surface area contributed by atoms with Crippen molar-refractivity contribution in [2.75, 3.05) is 7.11 Å². The highest BCUT2D eigenvalue weighted by molar-refractivity contribution is 5.84. The van der Waals surface area contributed by atoms with Crippen molar-refractivity contribution in [1.29, 1.82) is 0 Å². The van der Waals surface area contributed by atoms with Crippen molar-refractivity contribution in [2.45, 2.75) is 12.5 Å². The van der Waals surface area contributed by atoms with E-state index in [0.29, 0.717) is 12.0 Å². The highest BCUT2D eigenvalue weighted by Crippen LogP contribution is 2.21. The van der Waals surface area contributed by atoms with Crippen LogP contribution in [0.15, 0.2) is 59.4 Å². The number of ether oxygens (including phenoxy) is 1. The number of esters is 1. The number of nitrogens with two attached hydrogens (primary N) is 1. The minimum Gasteiger partial charge on any atom is -0.468 e. The van der Waals surface area contributed by atoms with Crippen LogP contribution in [-0.4, -0.2) is 23.7 Å². The van der Waals surface area contributed by atoms with Crippen LogP contribution in [0.25, 0.3) is 22.0 Å². The number of carbonyl (C=O) groups is 1. The summed E-state index contributed by atoms with van der Waals surface area (Å²) in [6.07, 6.45) is 0.392. The molecule has 0 saturated carbocycles. The Kier molecular flexibility index (Phi) is 4.67. The standard InChI is InChI=1S/C20H20N2O3/c1-22-18-6-4-3-5-15(18)12-16(19(22)23)14-9-7-13(8-10-14)11-17(21)20(24)25-2/h3-10,12,17H,11,21H2,1-2H3/t17-/m0/s1. The Bertz CT molecular complexity index is 974. The number of pyridine rings is 1. The van der Waals surface area contributed by atoms with Crippen LogP contribution in [0, 0.1) is 0 Å². The van der Waals surface area contributed by atoms with E-state index in [1.165, 1.54) is 7.11 Å². The van der Waals surface area contributed by atoms with Crippen LogP contribution in [0.4, 0.5) is 0 Å². The third kappa shape index (κ3) is 3.32. The summed E-state index contributed by atoms with van der Waals surface area (Å²) < 4.78 is 6.30. The van der Waals surface area contributed by atoms with Gasteiger partial charge in [0.1, 0.15) is 6.04 Å². The third-order valence-corrected chi connectivity index (χ3v) is 4.36. The number of hydrogen-bond acceptors (Lipinski definition) is 4. The van der Waals surface area contributed by atoms with Crippen molar-refractivity contribution >= 4 is 16.9 Å². The molecule has 2 N–H and O–H groups in total. The molecule has 0 aliphatic carbocycles. The Hall–Kier alpha value is -2.92. The monoisotopic (exact) mass is 336 g/mol. The Labute approximate surface area is 145 Å². The molecule has 0 amide bonds. The van der Waals surface area contributed by atoms with Gasteiger partial charge in [0.15, 0.2) is 0 Å². The van der Waals surface area contributed by atoms with E-state index in [2.05, 4.69) is 4.74 Å². The zero-order chi connectivity index (χ0) is 18.0. The summed E-state index contributed by atoms with van der Waals surface area (Å²) in [7, 11) is 3.10. The van der Waals surface area contributed by atoms with Crippen molar-refractivity contribution in [2.24, 2.45) is 12.8 Å². The van der Waals surface area contributed by atoms with Gasteiger partial charge in [-0.05, 0) is 35.1 Å². The quantitative estimate of drug-likeness (QED) is 0.742. The Morgan fingerprint density at radius 2 is 1.84 bits per heavy atom. The van der Waals surface area contributed by atoms with Crippen LogP contribution >= 0.6 is 0 Å². The van der Waals surface area contributed by atoms with E-state index in [4.69, 9.17) is 5.73 Å². The number of rotatable bonds is 4. The summed E-state index contributed by atoms with van der Waals surface area (Å²) in [5, 5.41) is 1.01. The van der Waals surface area contributed by atoms with Gasteiger partial charge in [0, 0.05) is 12.6 Å². The van der Waals surface area contributed by atoms with Gasteiger partial charge in [-0.2, -0.15) is 0 Å². The molecule has 0 fully saturated rings. The van der Waals surface area contributed by atoms with Crippen LogP contribution in [0.5, 0.6) is 0 Å². The molecule has 3 aromatic rings. The molecule has 0 spiro atoms. The molecule has 0 bridgehead atoms. The van der Waals surface area contributed by atoms with E-state index in [-0.39, 0.29) is 5.56 Å². The molecule has 0 radical (unpaired) electrons. The average Bonchev–Trinajstić information content (AvgIpc) is 2.64. The third-order valence-electron chi connectivity index (χ3n) is 4.36. The Morgan fingerprint density at radius 3 is 2.52 bits per heavy atom. The molecular weight excluding hydrogens is 316 g/mol. The summed E-state index contributed by atoms with van der Waals surface area (Å²) >= 11 is 0. The molecule has 1 heterocycles. The van der Waals surface area contributed by atoms with E-state index < -0.39 is 12.0 Å². The fourth-order valence-electron chi connectivity index (χ4n) is 2.94. The van der Waals surface area contributed by atoms with Crippen molar-refractivity contribution in [1.82, 2.24) is 4.57 Å². The smallest absolute Gasteiger partial charge is 0.322 e. The second kappa shape index (κ2) is 6.91. The largest absolute Gasteiger partial charge is 0.468 e. The molecule has 1 aromatic heterocycles. The van der Waals surface area contributed by atoms with Gasteiger partial charge >= 0.3 is 5.97 Å². The average molecular weight is 336 g/mol. The van der Waals surface area contributed by atoms with Gasteiger partial charge in [0.2, 0.25) is 0 Å². The summed E-state index contributed by atoms with van der Waals surface area (Å²) in [5.74, 6) is -0.438. The number of aryl methyl sites for hydroxylation is 1. The summed E-state index contributed by atoms with van der Waals surface area (Å²) in [6, 6.07) is 16.5. The zero-order valence-electron chi connectivity index (χ0n) is 14.2. The van der Waals surface area contributed by atoms with Gasteiger partial charge in [-0.1, -0.05) is 42.5 Å². The molecule has 0 saturated heterocycles. The first-order valence-electron chi connectivity index (χ1n) is 8.02. The zero-order valence-corrected chi connectivity index (χ0v) is 14.2. The first-order chi connectivity index (χ1) is 12.0. The fraction of sp³-hybridized carbons (Fsp3) is 0.200. The highest BCUT2D eigenvalue weighted by Gasteiger charge is 2.14. The molecule has 3 rings (SSSR count). The molecule has 25 heavy (non-hydrogen) atoms. The molecule has 0 aliphatic rings. The van der Waals surface area contributed by atoms with Crippen molar-refractivity contribution in [3.8, 4) is 11.1 Å². The Morgan fingerprint density at radius 1 is 1.16 bits per heavy atom. The predicted molar refractivity (Wildman–Crippen MR) is 98.3 cm³/mol. The number of methoxy groups -OCH3 is 1. The molecule has 5 nitrogen and oxygen atoms in total. The first kappa shape index (κ1) is 16.9. The van der Waals surface area contributed by atoms with Gasteiger partial charge in [0.25, 0.3) is 5.56 Å². The lowest BCUT2D eigenvalue weighted by Crippen LogP contribution is -2.33. The number of carbonyl (C=O) groups excluding carboxylic acids is 1. The minimum absolute atomic E-state index is 0.0438. The summed E-state index contributed by atoms with van der Waals surface area (Å²) in [5.41, 5.74) is 9.04. The predicted octanol–water partition coefficient (Wildman–Crippen LogP) is 2.25. The second-order valence-electron chi connectivity index (χ2n) is 6.01. The number of nitrogens with zero attached hydrogens (tertiary/aromatic N) is 1. The van der Waals surface area contributed by atoms with Gasteiger partial charge in [-0.3, -0.25) is 9.59 Å². The van der Waals surface area contributed by atoms with E-state index in [0.717, 1.165) is 22.0 Å². The maximum absolute atomic E-state index is 12.7. The van der Waals surface area contributed by atoms with Crippen LogP contribution in [0.2, 0.25) is 0 Å². The van der Waals surface area contributed by atoms with E-state index in [1.807, 2.05) is 54.6 Å². The number of hydrogen-bond donors (Lipinski definition) is 1. The van der Waals surface area contributed by atoms with E-state index in [1.54, 1.807) is 11.6 Å². The van der Waals surface area contributed by atoms with Crippen LogP contribution in [0.3, 0.4) is 0 Å². The molecule has 5 heteroatoms. The maximum atomic E-state index is 12.7. The summed E-state index contributed by atoms with van der Waals surface area (Å²) in [4.78, 5) is 24.1. The van der Waals surface area contributed by atoms with Gasteiger partial charge in [-0.15, -0.1) is 0 Å². The number of benzene rings is 2. The van der Waals surface area contributed by atoms with Crippen LogP contribution in [-0.2, 0) is 23.0 Å².